The Morgan fingerprint density at radius 2 is 1.70 bits per heavy atom. The van der Waals surface area contributed by atoms with Crippen molar-refractivity contribution in [3.63, 3.8) is 0 Å². The van der Waals surface area contributed by atoms with Crippen molar-refractivity contribution in [2.45, 2.75) is 45.2 Å². The highest BCUT2D eigenvalue weighted by Crippen LogP contribution is 2.22. The van der Waals surface area contributed by atoms with Crippen LogP contribution in [0.4, 0.5) is 0 Å². The van der Waals surface area contributed by atoms with Gasteiger partial charge >= 0.3 is 0 Å². The number of sulfonamides is 1. The smallest absolute Gasteiger partial charge is 0.258 e. The summed E-state index contributed by atoms with van der Waals surface area (Å²) in [6, 6.07) is 12.1. The number of hydrogen-bond acceptors (Lipinski definition) is 4. The zero-order valence-electron chi connectivity index (χ0n) is 16.1. The summed E-state index contributed by atoms with van der Waals surface area (Å²) in [7, 11) is -3.56. The van der Waals surface area contributed by atoms with Crippen LogP contribution in [-0.4, -0.2) is 27.0 Å². The molecular weight excluding hydrogens is 364 g/mol. The maximum atomic E-state index is 12.2. The Kier molecular flexibility index (Phi) is 6.98. The van der Waals surface area contributed by atoms with Gasteiger partial charge in [-0.05, 0) is 56.5 Å². The lowest BCUT2D eigenvalue weighted by molar-refractivity contribution is -0.123. The molecule has 27 heavy (non-hydrogen) atoms. The van der Waals surface area contributed by atoms with E-state index in [9.17, 15) is 13.2 Å². The lowest BCUT2D eigenvalue weighted by Gasteiger charge is -2.13. The summed E-state index contributed by atoms with van der Waals surface area (Å²) >= 11 is 0. The standard InChI is InChI=1S/C20H26N2O4S/c1-14(2)22-27(24,25)18-10-6-9-17(11-18)12-21-19(23)13-26-20-15(3)7-5-8-16(20)4/h5-11,14,22H,12-13H2,1-4H3,(H,21,23). The van der Waals surface area contributed by atoms with Gasteiger partial charge in [0.2, 0.25) is 10.0 Å². The maximum Gasteiger partial charge on any atom is 0.258 e. The van der Waals surface area contributed by atoms with Crippen LogP contribution in [0.3, 0.4) is 0 Å². The van der Waals surface area contributed by atoms with Crippen LogP contribution >= 0.6 is 0 Å². The number of amides is 1. The Morgan fingerprint density at radius 1 is 1.07 bits per heavy atom. The van der Waals surface area contributed by atoms with Crippen molar-refractivity contribution in [2.75, 3.05) is 6.61 Å². The molecule has 0 aliphatic rings. The quantitative estimate of drug-likeness (QED) is 0.726. The molecule has 7 heteroatoms. The minimum absolute atomic E-state index is 0.0986. The summed E-state index contributed by atoms with van der Waals surface area (Å²) in [5, 5.41) is 2.75. The summed E-state index contributed by atoms with van der Waals surface area (Å²) < 4.78 is 32.6. The SMILES string of the molecule is Cc1cccc(C)c1OCC(=O)NCc1cccc(S(=O)(=O)NC(C)C)c1. The van der Waals surface area contributed by atoms with Crippen molar-refractivity contribution >= 4 is 15.9 Å². The first-order chi connectivity index (χ1) is 12.7. The van der Waals surface area contributed by atoms with Gasteiger partial charge in [0, 0.05) is 12.6 Å². The number of hydrogen-bond donors (Lipinski definition) is 2. The van der Waals surface area contributed by atoms with Crippen LogP contribution in [0.5, 0.6) is 5.75 Å². The molecule has 0 unspecified atom stereocenters. The molecule has 0 bridgehead atoms. The van der Waals surface area contributed by atoms with Crippen molar-refractivity contribution < 1.29 is 17.9 Å². The highest BCUT2D eigenvalue weighted by Gasteiger charge is 2.15. The minimum atomic E-state index is -3.56. The van der Waals surface area contributed by atoms with Crippen LogP contribution in [0.25, 0.3) is 0 Å². The molecule has 0 aliphatic carbocycles. The summed E-state index contributed by atoms with van der Waals surface area (Å²) in [5.74, 6) is 0.437. The zero-order chi connectivity index (χ0) is 20.0. The third-order valence-electron chi connectivity index (χ3n) is 3.85. The average Bonchev–Trinajstić information content (AvgIpc) is 2.59. The molecule has 0 aliphatic heterocycles. The monoisotopic (exact) mass is 390 g/mol. The largest absolute Gasteiger partial charge is 0.483 e. The molecule has 2 N–H and O–H groups in total. The van der Waals surface area contributed by atoms with E-state index < -0.39 is 10.0 Å². The number of carbonyl (C=O) groups excluding carboxylic acids is 1. The fraction of sp³-hybridized carbons (Fsp3) is 0.350. The van der Waals surface area contributed by atoms with E-state index in [-0.39, 0.29) is 30.0 Å². The van der Waals surface area contributed by atoms with E-state index in [4.69, 9.17) is 4.74 Å². The maximum absolute atomic E-state index is 12.2. The van der Waals surface area contributed by atoms with Gasteiger partial charge in [-0.25, -0.2) is 13.1 Å². The van der Waals surface area contributed by atoms with E-state index in [1.54, 1.807) is 32.0 Å². The highest BCUT2D eigenvalue weighted by atomic mass is 32.2. The van der Waals surface area contributed by atoms with Crippen LogP contribution in [0, 0.1) is 13.8 Å². The fourth-order valence-electron chi connectivity index (χ4n) is 2.62. The lowest BCUT2D eigenvalue weighted by atomic mass is 10.1. The van der Waals surface area contributed by atoms with Gasteiger partial charge in [-0.15, -0.1) is 0 Å². The van der Waals surface area contributed by atoms with Gasteiger partial charge in [-0.3, -0.25) is 4.79 Å². The molecule has 0 spiro atoms. The predicted molar refractivity (Wildman–Crippen MR) is 105 cm³/mol. The number of carbonyl (C=O) groups is 1. The second kappa shape index (κ2) is 9.01. The molecule has 6 nitrogen and oxygen atoms in total. The number of rotatable bonds is 8. The van der Waals surface area contributed by atoms with Crippen LogP contribution in [0.15, 0.2) is 47.4 Å². The number of para-hydroxylation sites is 1. The first-order valence-corrected chi connectivity index (χ1v) is 10.2. The molecule has 0 saturated heterocycles. The Balaban J connectivity index is 1.95. The van der Waals surface area contributed by atoms with Crippen LogP contribution in [-0.2, 0) is 21.4 Å². The zero-order valence-corrected chi connectivity index (χ0v) is 16.9. The molecule has 0 saturated carbocycles. The predicted octanol–water partition coefficient (Wildman–Crippen LogP) is 2.69. The van der Waals surface area contributed by atoms with Crippen molar-refractivity contribution in [1.82, 2.24) is 10.0 Å². The minimum Gasteiger partial charge on any atom is -0.483 e. The molecule has 2 aromatic carbocycles. The van der Waals surface area contributed by atoms with Crippen molar-refractivity contribution in [3.8, 4) is 5.75 Å². The van der Waals surface area contributed by atoms with Gasteiger partial charge in [0.1, 0.15) is 5.75 Å². The first-order valence-electron chi connectivity index (χ1n) is 8.76. The van der Waals surface area contributed by atoms with E-state index in [1.807, 2.05) is 32.0 Å². The first kappa shape index (κ1) is 20.9. The third-order valence-corrected chi connectivity index (χ3v) is 5.50. The van der Waals surface area contributed by atoms with Crippen molar-refractivity contribution in [3.05, 3.63) is 59.2 Å². The molecule has 146 valence electrons. The number of benzene rings is 2. The summed E-state index contributed by atoms with van der Waals surface area (Å²) in [4.78, 5) is 12.2. The van der Waals surface area contributed by atoms with Gasteiger partial charge in [0.05, 0.1) is 4.90 Å². The third kappa shape index (κ3) is 6.08. The molecule has 0 fully saturated rings. The molecule has 1 amide bonds. The molecule has 0 aromatic heterocycles. The normalized spacial score (nSPS) is 11.4. The summed E-state index contributed by atoms with van der Waals surface area (Å²) in [5.41, 5.74) is 2.64. The second-order valence-electron chi connectivity index (χ2n) is 6.71. The van der Waals surface area contributed by atoms with Gasteiger partial charge in [-0.1, -0.05) is 30.3 Å². The molecular formula is C20H26N2O4S. The molecule has 0 atom stereocenters. The average molecular weight is 391 g/mol. The molecule has 0 radical (unpaired) electrons. The number of nitrogens with one attached hydrogen (secondary N) is 2. The molecule has 0 heterocycles. The Morgan fingerprint density at radius 3 is 2.33 bits per heavy atom. The number of ether oxygens (including phenoxy) is 1. The topological polar surface area (TPSA) is 84.5 Å². The van der Waals surface area contributed by atoms with Gasteiger partial charge in [0.15, 0.2) is 6.61 Å². The van der Waals surface area contributed by atoms with E-state index in [2.05, 4.69) is 10.0 Å². The van der Waals surface area contributed by atoms with Crippen LogP contribution in [0.1, 0.15) is 30.5 Å². The van der Waals surface area contributed by atoms with Gasteiger partial charge in [0.25, 0.3) is 5.91 Å². The number of aryl methyl sites for hydroxylation is 2. The fourth-order valence-corrected chi connectivity index (χ4v) is 3.94. The molecule has 2 aromatic rings. The summed E-state index contributed by atoms with van der Waals surface area (Å²) in [6.07, 6.45) is 0. The highest BCUT2D eigenvalue weighted by molar-refractivity contribution is 7.89. The van der Waals surface area contributed by atoms with Gasteiger partial charge < -0.3 is 10.1 Å². The second-order valence-corrected chi connectivity index (χ2v) is 8.42. The Labute approximate surface area is 161 Å². The van der Waals surface area contributed by atoms with E-state index in [0.717, 1.165) is 11.1 Å². The van der Waals surface area contributed by atoms with Crippen LogP contribution < -0.4 is 14.8 Å². The van der Waals surface area contributed by atoms with E-state index >= 15 is 0 Å². The van der Waals surface area contributed by atoms with Crippen molar-refractivity contribution in [2.24, 2.45) is 0 Å². The van der Waals surface area contributed by atoms with E-state index in [0.29, 0.717) is 11.3 Å². The lowest BCUT2D eigenvalue weighted by Crippen LogP contribution is -2.30. The Bertz CT molecular complexity index is 888. The van der Waals surface area contributed by atoms with Crippen LogP contribution in [0.2, 0.25) is 0 Å². The van der Waals surface area contributed by atoms with Crippen molar-refractivity contribution in [1.29, 1.82) is 0 Å². The summed E-state index contributed by atoms with van der Waals surface area (Å²) in [6.45, 7) is 7.50. The Hall–Kier alpha value is -2.38. The van der Waals surface area contributed by atoms with Gasteiger partial charge in [-0.2, -0.15) is 0 Å². The van der Waals surface area contributed by atoms with E-state index in [1.165, 1.54) is 6.07 Å². The molecule has 2 rings (SSSR count).